The van der Waals surface area contributed by atoms with Crippen LogP contribution in [0.25, 0.3) is 0 Å². The summed E-state index contributed by atoms with van der Waals surface area (Å²) in [4.78, 5) is 10.3. The van der Waals surface area contributed by atoms with Crippen molar-refractivity contribution in [3.63, 3.8) is 0 Å². The van der Waals surface area contributed by atoms with Crippen molar-refractivity contribution in [1.82, 2.24) is 0 Å². The lowest BCUT2D eigenvalue weighted by Gasteiger charge is -1.98. The zero-order valence-corrected chi connectivity index (χ0v) is 12.9. The van der Waals surface area contributed by atoms with Crippen LogP contribution in [-0.4, -0.2) is 11.1 Å². The van der Waals surface area contributed by atoms with Gasteiger partial charge in [0.05, 0.1) is 0 Å². The molecule has 0 saturated heterocycles. The summed E-state index contributed by atoms with van der Waals surface area (Å²) in [5.41, 5.74) is 0. The smallest absolute Gasteiger partial charge is 0.303 e. The maximum Gasteiger partial charge on any atom is 0.303 e. The SMILES string of the molecule is CCCCCCCCC/C=C/C=C/C=C/CCC(=O)O. The Kier molecular flexibility index (Phi) is 14.7. The van der Waals surface area contributed by atoms with Gasteiger partial charge in [-0.3, -0.25) is 4.79 Å². The van der Waals surface area contributed by atoms with E-state index in [9.17, 15) is 4.79 Å². The van der Waals surface area contributed by atoms with Crippen LogP contribution in [0.15, 0.2) is 36.5 Å². The molecular formula is C18H30O2. The van der Waals surface area contributed by atoms with Gasteiger partial charge in [-0.2, -0.15) is 0 Å². The minimum Gasteiger partial charge on any atom is -0.481 e. The summed E-state index contributed by atoms with van der Waals surface area (Å²) in [5, 5.41) is 8.45. The topological polar surface area (TPSA) is 37.3 Å². The van der Waals surface area contributed by atoms with Gasteiger partial charge in [0, 0.05) is 6.42 Å². The van der Waals surface area contributed by atoms with Crippen molar-refractivity contribution in [1.29, 1.82) is 0 Å². The van der Waals surface area contributed by atoms with Crippen LogP contribution < -0.4 is 0 Å². The molecule has 0 radical (unpaired) electrons. The highest BCUT2D eigenvalue weighted by Crippen LogP contribution is 2.08. The highest BCUT2D eigenvalue weighted by molar-refractivity contribution is 5.66. The Labute approximate surface area is 124 Å². The van der Waals surface area contributed by atoms with Gasteiger partial charge in [-0.15, -0.1) is 0 Å². The first-order valence-electron chi connectivity index (χ1n) is 7.97. The molecule has 0 saturated carbocycles. The number of unbranched alkanes of at least 4 members (excludes halogenated alkanes) is 7. The van der Waals surface area contributed by atoms with Gasteiger partial charge in [-0.1, -0.05) is 81.9 Å². The van der Waals surface area contributed by atoms with Crippen molar-refractivity contribution >= 4 is 5.97 Å². The number of carboxylic acid groups (broad SMARTS) is 1. The normalized spacial score (nSPS) is 12.1. The second-order valence-corrected chi connectivity index (χ2v) is 5.08. The van der Waals surface area contributed by atoms with Crippen LogP contribution >= 0.6 is 0 Å². The fourth-order valence-corrected chi connectivity index (χ4v) is 1.90. The Balaban J connectivity index is 3.32. The number of aliphatic carboxylic acids is 1. The zero-order chi connectivity index (χ0) is 14.9. The van der Waals surface area contributed by atoms with E-state index in [1.165, 1.54) is 44.9 Å². The molecule has 0 aromatic carbocycles. The number of rotatable bonds is 13. The lowest BCUT2D eigenvalue weighted by molar-refractivity contribution is -0.136. The first kappa shape index (κ1) is 18.7. The molecule has 0 aliphatic rings. The van der Waals surface area contributed by atoms with Crippen molar-refractivity contribution in [2.75, 3.05) is 0 Å². The van der Waals surface area contributed by atoms with Gasteiger partial charge in [0.25, 0.3) is 0 Å². The Morgan fingerprint density at radius 1 is 0.800 bits per heavy atom. The predicted octanol–water partition coefficient (Wildman–Crippen LogP) is 5.66. The summed E-state index contributed by atoms with van der Waals surface area (Å²) in [6.45, 7) is 2.25. The largest absolute Gasteiger partial charge is 0.481 e. The van der Waals surface area contributed by atoms with E-state index in [0.29, 0.717) is 6.42 Å². The Morgan fingerprint density at radius 2 is 1.35 bits per heavy atom. The molecule has 114 valence electrons. The van der Waals surface area contributed by atoms with E-state index in [2.05, 4.69) is 19.1 Å². The van der Waals surface area contributed by atoms with E-state index in [-0.39, 0.29) is 6.42 Å². The molecule has 2 heteroatoms. The minimum absolute atomic E-state index is 0.207. The molecule has 0 fully saturated rings. The highest BCUT2D eigenvalue weighted by atomic mass is 16.4. The second kappa shape index (κ2) is 15.7. The second-order valence-electron chi connectivity index (χ2n) is 5.08. The average Bonchev–Trinajstić information content (AvgIpc) is 2.43. The van der Waals surface area contributed by atoms with Crippen LogP contribution in [0.4, 0.5) is 0 Å². The molecule has 0 amide bonds. The van der Waals surface area contributed by atoms with E-state index < -0.39 is 5.97 Å². The Morgan fingerprint density at radius 3 is 1.95 bits per heavy atom. The van der Waals surface area contributed by atoms with E-state index in [1.807, 2.05) is 24.3 Å². The third-order valence-electron chi connectivity index (χ3n) is 3.10. The third-order valence-corrected chi connectivity index (χ3v) is 3.10. The van der Waals surface area contributed by atoms with Gasteiger partial charge < -0.3 is 5.11 Å². The summed E-state index contributed by atoms with van der Waals surface area (Å²) in [5.74, 6) is -0.742. The summed E-state index contributed by atoms with van der Waals surface area (Å²) in [7, 11) is 0. The first-order valence-corrected chi connectivity index (χ1v) is 7.97. The number of hydrogen-bond acceptors (Lipinski definition) is 1. The molecule has 0 aliphatic carbocycles. The molecule has 0 aromatic heterocycles. The number of carbonyl (C=O) groups is 1. The van der Waals surface area contributed by atoms with Gasteiger partial charge in [0.1, 0.15) is 0 Å². The fraction of sp³-hybridized carbons (Fsp3) is 0.611. The predicted molar refractivity (Wildman–Crippen MR) is 86.9 cm³/mol. The molecule has 0 atom stereocenters. The molecule has 20 heavy (non-hydrogen) atoms. The van der Waals surface area contributed by atoms with Crippen LogP contribution in [0.2, 0.25) is 0 Å². The van der Waals surface area contributed by atoms with Gasteiger partial charge in [0.2, 0.25) is 0 Å². The fourth-order valence-electron chi connectivity index (χ4n) is 1.90. The highest BCUT2D eigenvalue weighted by Gasteiger charge is 1.90. The number of carboxylic acids is 1. The summed E-state index contributed by atoms with van der Waals surface area (Å²) < 4.78 is 0. The molecule has 0 bridgehead atoms. The van der Waals surface area contributed by atoms with Crippen LogP contribution in [-0.2, 0) is 4.79 Å². The molecule has 1 N–H and O–H groups in total. The van der Waals surface area contributed by atoms with Gasteiger partial charge in [0.15, 0.2) is 0 Å². The van der Waals surface area contributed by atoms with E-state index in [4.69, 9.17) is 5.11 Å². The standard InChI is InChI=1S/C18H30O2/c1-2-3-4-5-6-7-8-9-10-11-12-13-14-15-16-17-18(19)20/h10-15H,2-9,16-17H2,1H3,(H,19,20)/b11-10+,13-12+,15-14+. The zero-order valence-electron chi connectivity index (χ0n) is 12.9. The van der Waals surface area contributed by atoms with Crippen LogP contribution in [0.1, 0.15) is 71.1 Å². The van der Waals surface area contributed by atoms with Crippen LogP contribution in [0.5, 0.6) is 0 Å². The Hall–Kier alpha value is -1.31. The van der Waals surface area contributed by atoms with Crippen molar-refractivity contribution in [3.05, 3.63) is 36.5 Å². The van der Waals surface area contributed by atoms with Gasteiger partial charge in [-0.05, 0) is 19.3 Å². The van der Waals surface area contributed by atoms with Crippen molar-refractivity contribution in [2.45, 2.75) is 71.1 Å². The van der Waals surface area contributed by atoms with Gasteiger partial charge >= 0.3 is 5.97 Å². The quantitative estimate of drug-likeness (QED) is 0.348. The average molecular weight is 278 g/mol. The van der Waals surface area contributed by atoms with Crippen LogP contribution in [0.3, 0.4) is 0 Å². The summed E-state index contributed by atoms with van der Waals surface area (Å²) >= 11 is 0. The maximum absolute atomic E-state index is 10.3. The summed E-state index contributed by atoms with van der Waals surface area (Å²) in [6, 6.07) is 0. The van der Waals surface area contributed by atoms with Crippen molar-refractivity contribution < 1.29 is 9.90 Å². The molecule has 0 aliphatic heterocycles. The number of allylic oxidation sites excluding steroid dienone is 6. The van der Waals surface area contributed by atoms with Crippen LogP contribution in [0, 0.1) is 0 Å². The number of hydrogen-bond donors (Lipinski definition) is 1. The van der Waals surface area contributed by atoms with Gasteiger partial charge in [-0.25, -0.2) is 0 Å². The lowest BCUT2D eigenvalue weighted by Crippen LogP contribution is -1.91. The third kappa shape index (κ3) is 16.7. The maximum atomic E-state index is 10.3. The molecule has 0 aromatic rings. The van der Waals surface area contributed by atoms with E-state index >= 15 is 0 Å². The molecular weight excluding hydrogens is 248 g/mol. The van der Waals surface area contributed by atoms with Crippen molar-refractivity contribution in [2.24, 2.45) is 0 Å². The molecule has 0 unspecified atom stereocenters. The first-order chi connectivity index (χ1) is 9.77. The van der Waals surface area contributed by atoms with E-state index in [1.54, 1.807) is 0 Å². The Bertz CT molecular complexity index is 301. The summed E-state index contributed by atoms with van der Waals surface area (Å²) in [6.07, 6.45) is 23.4. The molecule has 0 spiro atoms. The van der Waals surface area contributed by atoms with E-state index in [0.717, 1.165) is 6.42 Å². The minimum atomic E-state index is -0.742. The lowest BCUT2D eigenvalue weighted by atomic mass is 10.1. The molecule has 0 heterocycles. The molecule has 2 nitrogen and oxygen atoms in total. The monoisotopic (exact) mass is 278 g/mol. The molecule has 0 rings (SSSR count). The van der Waals surface area contributed by atoms with Crippen molar-refractivity contribution in [3.8, 4) is 0 Å².